The number of rotatable bonds is 14. The molecule has 0 radical (unpaired) electrons. The van der Waals surface area contributed by atoms with E-state index in [0.29, 0.717) is 11.1 Å². The molecular formula is C23H34O3. The van der Waals surface area contributed by atoms with Crippen molar-refractivity contribution in [2.45, 2.75) is 96.8 Å². The van der Waals surface area contributed by atoms with Gasteiger partial charge in [-0.1, -0.05) is 96.1 Å². The molecule has 0 atom stereocenters. The quantitative estimate of drug-likeness (QED) is 0.213. The van der Waals surface area contributed by atoms with Crippen molar-refractivity contribution in [3.8, 4) is 0 Å². The highest BCUT2D eigenvalue weighted by atomic mass is 16.6. The fourth-order valence-corrected chi connectivity index (χ4v) is 3.74. The molecule has 2 rings (SSSR count). The number of benzene rings is 1. The summed E-state index contributed by atoms with van der Waals surface area (Å²) in [7, 11) is 0. The number of ether oxygens (including phenoxy) is 1. The predicted molar refractivity (Wildman–Crippen MR) is 106 cm³/mol. The van der Waals surface area contributed by atoms with Gasteiger partial charge in [-0.2, -0.15) is 0 Å². The molecule has 0 fully saturated rings. The Bertz CT molecular complexity index is 577. The van der Waals surface area contributed by atoms with E-state index >= 15 is 0 Å². The van der Waals surface area contributed by atoms with E-state index in [0.717, 1.165) is 18.4 Å². The van der Waals surface area contributed by atoms with Gasteiger partial charge in [-0.3, -0.25) is 0 Å². The van der Waals surface area contributed by atoms with E-state index in [1.807, 2.05) is 12.1 Å². The molecule has 0 N–H and O–H groups in total. The Labute approximate surface area is 158 Å². The van der Waals surface area contributed by atoms with Gasteiger partial charge in [0.25, 0.3) is 0 Å². The van der Waals surface area contributed by atoms with Crippen LogP contribution in [0, 0.1) is 0 Å². The highest BCUT2D eigenvalue weighted by molar-refractivity contribution is 6.15. The van der Waals surface area contributed by atoms with Crippen molar-refractivity contribution in [1.29, 1.82) is 0 Å². The monoisotopic (exact) mass is 358 g/mol. The van der Waals surface area contributed by atoms with E-state index in [-0.39, 0.29) is 0 Å². The van der Waals surface area contributed by atoms with Gasteiger partial charge in [0.05, 0.1) is 11.1 Å². The van der Waals surface area contributed by atoms with Crippen LogP contribution in [0.4, 0.5) is 0 Å². The van der Waals surface area contributed by atoms with Crippen molar-refractivity contribution < 1.29 is 14.3 Å². The van der Waals surface area contributed by atoms with Crippen LogP contribution in [0.1, 0.15) is 117 Å². The zero-order valence-corrected chi connectivity index (χ0v) is 16.4. The molecule has 0 unspecified atom stereocenters. The molecule has 3 nitrogen and oxygen atoms in total. The topological polar surface area (TPSA) is 43.4 Å². The van der Waals surface area contributed by atoms with E-state index in [2.05, 4.69) is 6.92 Å². The molecule has 3 heteroatoms. The first-order valence-corrected chi connectivity index (χ1v) is 10.6. The van der Waals surface area contributed by atoms with E-state index < -0.39 is 11.9 Å². The smallest absolute Gasteiger partial charge is 0.347 e. The molecule has 1 aliphatic rings. The summed E-state index contributed by atoms with van der Waals surface area (Å²) in [5, 5.41) is 0. The van der Waals surface area contributed by atoms with Gasteiger partial charge in [0.15, 0.2) is 0 Å². The average Bonchev–Trinajstić information content (AvgIpc) is 2.94. The lowest BCUT2D eigenvalue weighted by Gasteiger charge is -2.05. The second kappa shape index (κ2) is 11.9. The van der Waals surface area contributed by atoms with Crippen LogP contribution in [-0.2, 0) is 11.2 Å². The maximum atomic E-state index is 11.8. The summed E-state index contributed by atoms with van der Waals surface area (Å²) in [6.07, 6.45) is 18.1. The van der Waals surface area contributed by atoms with Gasteiger partial charge in [-0.25, -0.2) is 9.59 Å². The number of aryl methyl sites for hydroxylation is 1. The van der Waals surface area contributed by atoms with Gasteiger partial charge in [0.1, 0.15) is 0 Å². The van der Waals surface area contributed by atoms with Crippen molar-refractivity contribution in [3.63, 3.8) is 0 Å². The Hall–Kier alpha value is -1.64. The Morgan fingerprint density at radius 1 is 0.692 bits per heavy atom. The first-order chi connectivity index (χ1) is 12.7. The summed E-state index contributed by atoms with van der Waals surface area (Å²) >= 11 is 0. The van der Waals surface area contributed by atoms with Gasteiger partial charge in [-0.05, 0) is 24.5 Å². The molecule has 0 saturated carbocycles. The number of hydrogen-bond acceptors (Lipinski definition) is 3. The second-order valence-corrected chi connectivity index (χ2v) is 7.51. The number of fused-ring (bicyclic) bond motifs is 1. The molecule has 1 aliphatic heterocycles. The molecule has 26 heavy (non-hydrogen) atoms. The number of esters is 2. The SMILES string of the molecule is CCCCCCCCCCCCCCCc1cccc2c1C(=O)OC2=O. The molecule has 1 heterocycles. The Balaban J connectivity index is 1.49. The molecule has 144 valence electrons. The lowest BCUT2D eigenvalue weighted by molar-refractivity contribution is 0.0443. The largest absolute Gasteiger partial charge is 0.386 e. The molecule has 1 aromatic carbocycles. The number of unbranched alkanes of at least 4 members (excludes halogenated alkanes) is 12. The van der Waals surface area contributed by atoms with Gasteiger partial charge < -0.3 is 4.74 Å². The molecule has 0 amide bonds. The molecule has 0 bridgehead atoms. The third-order valence-corrected chi connectivity index (χ3v) is 5.31. The Morgan fingerprint density at radius 2 is 1.23 bits per heavy atom. The minimum absolute atomic E-state index is 0.433. The maximum Gasteiger partial charge on any atom is 0.347 e. The van der Waals surface area contributed by atoms with Crippen LogP contribution < -0.4 is 0 Å². The van der Waals surface area contributed by atoms with Crippen LogP contribution in [0.15, 0.2) is 18.2 Å². The third-order valence-electron chi connectivity index (χ3n) is 5.31. The fourth-order valence-electron chi connectivity index (χ4n) is 3.74. The van der Waals surface area contributed by atoms with Gasteiger partial charge >= 0.3 is 11.9 Å². The van der Waals surface area contributed by atoms with E-state index in [4.69, 9.17) is 4.74 Å². The van der Waals surface area contributed by atoms with Gasteiger partial charge in [-0.15, -0.1) is 0 Å². The molecule has 0 saturated heterocycles. The normalized spacial score (nSPS) is 13.1. The Kier molecular flexibility index (Phi) is 9.44. The number of hydrogen-bond donors (Lipinski definition) is 0. The third kappa shape index (κ3) is 6.59. The lowest BCUT2D eigenvalue weighted by atomic mass is 9.97. The Morgan fingerprint density at radius 3 is 1.81 bits per heavy atom. The lowest BCUT2D eigenvalue weighted by Crippen LogP contribution is -2.00. The van der Waals surface area contributed by atoms with Crippen LogP contribution in [0.3, 0.4) is 0 Å². The van der Waals surface area contributed by atoms with Gasteiger partial charge in [0.2, 0.25) is 0 Å². The average molecular weight is 359 g/mol. The van der Waals surface area contributed by atoms with Crippen LogP contribution in [-0.4, -0.2) is 11.9 Å². The number of carbonyl (C=O) groups is 2. The summed E-state index contributed by atoms with van der Waals surface area (Å²) in [5.41, 5.74) is 1.89. The molecule has 0 aromatic heterocycles. The molecular weight excluding hydrogens is 324 g/mol. The van der Waals surface area contributed by atoms with Crippen molar-refractivity contribution in [3.05, 3.63) is 34.9 Å². The summed E-state index contributed by atoms with van der Waals surface area (Å²) in [5.74, 6) is -0.979. The van der Waals surface area contributed by atoms with E-state index in [9.17, 15) is 9.59 Å². The number of cyclic esters (lactones) is 2. The predicted octanol–water partition coefficient (Wildman–Crippen LogP) is 6.63. The highest BCUT2D eigenvalue weighted by Gasteiger charge is 2.31. The summed E-state index contributed by atoms with van der Waals surface area (Å²) in [6, 6.07) is 5.46. The van der Waals surface area contributed by atoms with Crippen molar-refractivity contribution in [1.82, 2.24) is 0 Å². The molecule has 0 spiro atoms. The van der Waals surface area contributed by atoms with Gasteiger partial charge in [0, 0.05) is 0 Å². The maximum absolute atomic E-state index is 11.8. The van der Waals surface area contributed by atoms with E-state index in [1.54, 1.807) is 6.07 Å². The zero-order valence-electron chi connectivity index (χ0n) is 16.4. The minimum atomic E-state index is -0.503. The van der Waals surface area contributed by atoms with Crippen molar-refractivity contribution in [2.24, 2.45) is 0 Å². The van der Waals surface area contributed by atoms with Crippen molar-refractivity contribution in [2.75, 3.05) is 0 Å². The summed E-state index contributed by atoms with van der Waals surface area (Å²) < 4.78 is 4.71. The molecule has 0 aliphatic carbocycles. The zero-order chi connectivity index (χ0) is 18.6. The highest BCUT2D eigenvalue weighted by Crippen LogP contribution is 2.25. The molecule has 1 aromatic rings. The minimum Gasteiger partial charge on any atom is -0.386 e. The van der Waals surface area contributed by atoms with Crippen LogP contribution in [0.5, 0.6) is 0 Å². The first-order valence-electron chi connectivity index (χ1n) is 10.6. The summed E-state index contributed by atoms with van der Waals surface area (Å²) in [6.45, 7) is 2.27. The standard InChI is InChI=1S/C23H34O3/c1-2-3-4-5-6-7-8-9-10-11-12-13-14-16-19-17-15-18-20-21(19)23(25)26-22(20)24/h15,17-18H,2-14,16H2,1H3. The second-order valence-electron chi connectivity index (χ2n) is 7.51. The summed E-state index contributed by atoms with van der Waals surface area (Å²) in [4.78, 5) is 23.4. The first kappa shape index (κ1) is 20.7. The van der Waals surface area contributed by atoms with Crippen LogP contribution >= 0.6 is 0 Å². The van der Waals surface area contributed by atoms with Crippen molar-refractivity contribution >= 4 is 11.9 Å². The fraction of sp³-hybridized carbons (Fsp3) is 0.652. The van der Waals surface area contributed by atoms with Crippen LogP contribution in [0.25, 0.3) is 0 Å². The number of carbonyl (C=O) groups excluding carboxylic acids is 2. The van der Waals surface area contributed by atoms with Crippen LogP contribution in [0.2, 0.25) is 0 Å². The van der Waals surface area contributed by atoms with E-state index in [1.165, 1.54) is 77.0 Å².